The lowest BCUT2D eigenvalue weighted by molar-refractivity contribution is 0.0951. The molecule has 7 heteroatoms. The molecular weight excluding hydrogens is 424 g/mol. The Morgan fingerprint density at radius 2 is 1.56 bits per heavy atom. The van der Waals surface area contributed by atoms with Gasteiger partial charge in [0.25, 0.3) is 5.91 Å². The summed E-state index contributed by atoms with van der Waals surface area (Å²) in [6.45, 7) is 4.42. The number of rotatable bonds is 8. The Labute approximate surface area is 189 Å². The van der Waals surface area contributed by atoms with Gasteiger partial charge in [0, 0.05) is 12.1 Å². The second kappa shape index (κ2) is 9.87. The molecule has 32 heavy (non-hydrogen) atoms. The molecule has 0 aromatic heterocycles. The molecule has 3 aromatic carbocycles. The van der Waals surface area contributed by atoms with Gasteiger partial charge in [0.15, 0.2) is 0 Å². The number of carbonyl (C=O) groups excluding carboxylic acids is 1. The first-order chi connectivity index (χ1) is 15.2. The zero-order valence-electron chi connectivity index (χ0n) is 18.8. The topological polar surface area (TPSA) is 75.7 Å². The van der Waals surface area contributed by atoms with Gasteiger partial charge >= 0.3 is 0 Å². The summed E-state index contributed by atoms with van der Waals surface area (Å²) in [5.41, 5.74) is 4.81. The van der Waals surface area contributed by atoms with Crippen LogP contribution < -0.4 is 14.4 Å². The summed E-state index contributed by atoms with van der Waals surface area (Å²) < 4.78 is 31.5. The molecule has 0 bridgehead atoms. The second-order valence-corrected chi connectivity index (χ2v) is 9.69. The van der Waals surface area contributed by atoms with Crippen molar-refractivity contribution in [3.05, 3.63) is 94.5 Å². The number of aryl methyl sites for hydroxylation is 2. The Balaban J connectivity index is 1.70. The van der Waals surface area contributed by atoms with Crippen LogP contribution in [-0.2, 0) is 23.1 Å². The first-order valence-electron chi connectivity index (χ1n) is 10.2. The number of benzene rings is 3. The molecule has 0 aliphatic carbocycles. The second-order valence-electron chi connectivity index (χ2n) is 7.79. The van der Waals surface area contributed by atoms with Crippen molar-refractivity contribution in [2.45, 2.75) is 26.9 Å². The molecule has 0 aliphatic heterocycles. The van der Waals surface area contributed by atoms with Crippen molar-refractivity contribution >= 4 is 21.6 Å². The van der Waals surface area contributed by atoms with E-state index in [1.807, 2.05) is 56.3 Å². The van der Waals surface area contributed by atoms with Crippen LogP contribution in [-0.4, -0.2) is 27.7 Å². The highest BCUT2D eigenvalue weighted by Crippen LogP contribution is 2.26. The van der Waals surface area contributed by atoms with Crippen molar-refractivity contribution in [1.82, 2.24) is 5.32 Å². The van der Waals surface area contributed by atoms with E-state index in [0.29, 0.717) is 17.8 Å². The molecule has 0 saturated heterocycles. The number of hydrogen-bond acceptors (Lipinski definition) is 4. The van der Waals surface area contributed by atoms with E-state index >= 15 is 0 Å². The molecule has 1 amide bonds. The van der Waals surface area contributed by atoms with Gasteiger partial charge in [-0.1, -0.05) is 36.4 Å². The van der Waals surface area contributed by atoms with Crippen molar-refractivity contribution in [1.29, 1.82) is 0 Å². The minimum atomic E-state index is -3.48. The largest absolute Gasteiger partial charge is 0.497 e. The van der Waals surface area contributed by atoms with Crippen LogP contribution in [0.3, 0.4) is 0 Å². The summed E-state index contributed by atoms with van der Waals surface area (Å²) in [7, 11) is -1.87. The highest BCUT2D eigenvalue weighted by molar-refractivity contribution is 7.92. The molecule has 0 atom stereocenters. The Morgan fingerprint density at radius 1 is 0.938 bits per heavy atom. The average Bonchev–Trinajstić information content (AvgIpc) is 2.77. The quantitative estimate of drug-likeness (QED) is 0.556. The van der Waals surface area contributed by atoms with Crippen molar-refractivity contribution in [3.8, 4) is 5.75 Å². The van der Waals surface area contributed by atoms with E-state index in [0.717, 1.165) is 28.0 Å². The SMILES string of the molecule is COc1ccc(CNC(=O)c2ccc(CN(c3cc(C)ccc3C)S(C)(=O)=O)cc2)cc1. The molecule has 1 N–H and O–H groups in total. The maximum absolute atomic E-state index is 12.5. The number of nitrogens with one attached hydrogen (secondary N) is 1. The summed E-state index contributed by atoms with van der Waals surface area (Å²) in [6, 6.07) is 20.2. The molecule has 3 aromatic rings. The average molecular weight is 453 g/mol. The number of anilines is 1. The zero-order valence-corrected chi connectivity index (χ0v) is 19.6. The summed E-state index contributed by atoms with van der Waals surface area (Å²) in [5, 5.41) is 2.89. The fourth-order valence-electron chi connectivity index (χ4n) is 3.32. The van der Waals surface area contributed by atoms with E-state index in [1.54, 1.807) is 31.4 Å². The van der Waals surface area contributed by atoms with Crippen LogP contribution in [0.1, 0.15) is 32.6 Å². The summed E-state index contributed by atoms with van der Waals surface area (Å²) in [6.07, 6.45) is 1.20. The van der Waals surface area contributed by atoms with Crippen LogP contribution >= 0.6 is 0 Å². The van der Waals surface area contributed by atoms with Gasteiger partial charge in [-0.2, -0.15) is 0 Å². The number of ether oxygens (including phenoxy) is 1. The van der Waals surface area contributed by atoms with E-state index in [9.17, 15) is 13.2 Å². The minimum Gasteiger partial charge on any atom is -0.497 e. The van der Waals surface area contributed by atoms with Gasteiger partial charge in [-0.3, -0.25) is 9.10 Å². The predicted molar refractivity (Wildman–Crippen MR) is 128 cm³/mol. The van der Waals surface area contributed by atoms with E-state index < -0.39 is 10.0 Å². The lowest BCUT2D eigenvalue weighted by Crippen LogP contribution is -2.30. The normalized spacial score (nSPS) is 11.1. The fourth-order valence-corrected chi connectivity index (χ4v) is 4.26. The van der Waals surface area contributed by atoms with Gasteiger partial charge < -0.3 is 10.1 Å². The molecule has 0 unspecified atom stereocenters. The van der Waals surface area contributed by atoms with Gasteiger partial charge in [0.05, 0.1) is 25.6 Å². The van der Waals surface area contributed by atoms with Crippen LogP contribution in [0, 0.1) is 13.8 Å². The summed E-state index contributed by atoms with van der Waals surface area (Å²) in [5.74, 6) is 0.571. The van der Waals surface area contributed by atoms with Crippen LogP contribution in [0.25, 0.3) is 0 Å². The van der Waals surface area contributed by atoms with Crippen molar-refractivity contribution in [2.75, 3.05) is 17.7 Å². The Kier molecular flexibility index (Phi) is 7.20. The lowest BCUT2D eigenvalue weighted by atomic mass is 10.1. The molecule has 0 aliphatic rings. The van der Waals surface area contributed by atoms with Crippen LogP contribution in [0.5, 0.6) is 5.75 Å². The highest BCUT2D eigenvalue weighted by atomic mass is 32.2. The molecule has 6 nitrogen and oxygen atoms in total. The third-order valence-electron chi connectivity index (χ3n) is 5.19. The highest BCUT2D eigenvalue weighted by Gasteiger charge is 2.20. The van der Waals surface area contributed by atoms with E-state index in [1.165, 1.54) is 10.6 Å². The number of carbonyl (C=O) groups is 1. The lowest BCUT2D eigenvalue weighted by Gasteiger charge is -2.25. The Morgan fingerprint density at radius 3 is 2.16 bits per heavy atom. The number of sulfonamides is 1. The minimum absolute atomic E-state index is 0.191. The maximum Gasteiger partial charge on any atom is 0.251 e. The first-order valence-corrected chi connectivity index (χ1v) is 12.1. The maximum atomic E-state index is 12.5. The van der Waals surface area contributed by atoms with E-state index in [-0.39, 0.29) is 12.5 Å². The number of nitrogens with zero attached hydrogens (tertiary/aromatic N) is 1. The number of hydrogen-bond donors (Lipinski definition) is 1. The van der Waals surface area contributed by atoms with Gasteiger partial charge in [-0.15, -0.1) is 0 Å². The van der Waals surface area contributed by atoms with Gasteiger partial charge in [0.1, 0.15) is 5.75 Å². The molecule has 168 valence electrons. The molecule has 0 spiro atoms. The number of methoxy groups -OCH3 is 1. The predicted octanol–water partition coefficient (Wildman–Crippen LogP) is 4.21. The standard InChI is InChI=1S/C25H28N2O4S/c1-18-5-6-19(2)24(15-18)27(32(4,29)30)17-21-7-11-22(12-8-21)25(28)26-16-20-9-13-23(31-3)14-10-20/h5-15H,16-17H2,1-4H3,(H,26,28). The van der Waals surface area contributed by atoms with E-state index in [4.69, 9.17) is 4.74 Å². The number of amides is 1. The molecule has 3 rings (SSSR count). The molecule has 0 heterocycles. The molecular formula is C25H28N2O4S. The summed E-state index contributed by atoms with van der Waals surface area (Å²) >= 11 is 0. The molecule has 0 radical (unpaired) electrons. The van der Waals surface area contributed by atoms with Crippen LogP contribution in [0.15, 0.2) is 66.7 Å². The molecule has 0 saturated carbocycles. The molecule has 0 fully saturated rings. The Hall–Kier alpha value is -3.32. The van der Waals surface area contributed by atoms with Gasteiger partial charge in [-0.25, -0.2) is 8.42 Å². The Bertz CT molecular complexity index is 1190. The third kappa shape index (κ3) is 5.88. The third-order valence-corrected chi connectivity index (χ3v) is 6.31. The summed E-state index contributed by atoms with van der Waals surface area (Å²) in [4.78, 5) is 12.5. The van der Waals surface area contributed by atoms with Gasteiger partial charge in [0.2, 0.25) is 10.0 Å². The zero-order chi connectivity index (χ0) is 23.3. The van der Waals surface area contributed by atoms with Crippen molar-refractivity contribution in [2.24, 2.45) is 0 Å². The fraction of sp³-hybridized carbons (Fsp3) is 0.240. The van der Waals surface area contributed by atoms with Crippen LogP contribution in [0.2, 0.25) is 0 Å². The first kappa shape index (κ1) is 23.3. The van der Waals surface area contributed by atoms with Crippen LogP contribution in [0.4, 0.5) is 5.69 Å². The van der Waals surface area contributed by atoms with Gasteiger partial charge in [-0.05, 0) is 66.4 Å². The van der Waals surface area contributed by atoms with E-state index in [2.05, 4.69) is 5.32 Å². The monoisotopic (exact) mass is 452 g/mol. The van der Waals surface area contributed by atoms with Crippen molar-refractivity contribution in [3.63, 3.8) is 0 Å². The smallest absolute Gasteiger partial charge is 0.251 e. The van der Waals surface area contributed by atoms with Crippen molar-refractivity contribution < 1.29 is 17.9 Å².